The van der Waals surface area contributed by atoms with Crippen molar-refractivity contribution in [2.24, 2.45) is 5.92 Å². The Morgan fingerprint density at radius 1 is 1.48 bits per heavy atom. The number of rotatable bonds is 7. The van der Waals surface area contributed by atoms with Crippen LogP contribution in [0.1, 0.15) is 60.3 Å². The van der Waals surface area contributed by atoms with E-state index in [-0.39, 0.29) is 17.8 Å². The van der Waals surface area contributed by atoms with Crippen LogP contribution in [0, 0.1) is 5.92 Å². The summed E-state index contributed by atoms with van der Waals surface area (Å²) < 4.78 is 11.9. The smallest absolute Gasteiger partial charge is 0.165 e. The molecule has 0 saturated carbocycles. The van der Waals surface area contributed by atoms with Gasteiger partial charge in [0.05, 0.1) is 6.10 Å². The molecule has 0 saturated heterocycles. The van der Waals surface area contributed by atoms with Gasteiger partial charge in [-0.2, -0.15) is 0 Å². The molecular formula is C18H30O3. The third kappa shape index (κ3) is 3.57. The summed E-state index contributed by atoms with van der Waals surface area (Å²) in [7, 11) is 1.68. The maximum atomic E-state index is 12.6. The van der Waals surface area contributed by atoms with Crippen LogP contribution in [0.25, 0.3) is 0 Å². The highest BCUT2D eigenvalue weighted by atomic mass is 16.5. The van der Waals surface area contributed by atoms with Gasteiger partial charge in [0.1, 0.15) is 11.4 Å². The molecule has 0 aromatic carbocycles. The van der Waals surface area contributed by atoms with Gasteiger partial charge in [-0.15, -0.1) is 0 Å². The molecule has 1 aliphatic rings. The molecular weight excluding hydrogens is 264 g/mol. The number of ether oxygens (including phenoxy) is 2. The minimum atomic E-state index is -0.666. The van der Waals surface area contributed by atoms with Crippen molar-refractivity contribution in [2.75, 3.05) is 7.11 Å². The fourth-order valence-electron chi connectivity index (χ4n) is 2.98. The number of allylic oxidation sites excluding steroid dienone is 1. The van der Waals surface area contributed by atoms with Crippen LogP contribution in [-0.4, -0.2) is 24.6 Å². The lowest BCUT2D eigenvalue weighted by molar-refractivity contribution is -0.124. The molecule has 3 heteroatoms. The number of methoxy groups -OCH3 is 1. The van der Waals surface area contributed by atoms with E-state index in [2.05, 4.69) is 13.5 Å². The molecule has 0 aromatic heterocycles. The van der Waals surface area contributed by atoms with Gasteiger partial charge in [-0.25, -0.2) is 0 Å². The number of unbranched alkanes of at least 4 members (excludes halogenated alkanes) is 1. The van der Waals surface area contributed by atoms with Gasteiger partial charge in [-0.05, 0) is 45.6 Å². The van der Waals surface area contributed by atoms with E-state index in [0.29, 0.717) is 12.2 Å². The molecule has 0 N–H and O–H groups in total. The molecule has 0 heterocycles. The molecule has 0 spiro atoms. The molecule has 120 valence electrons. The Bertz CT molecular complexity index is 434. The maximum Gasteiger partial charge on any atom is 0.165 e. The summed E-state index contributed by atoms with van der Waals surface area (Å²) in [5.74, 6) is 0.838. The SMILES string of the molecule is C=C(C)[C@@]1(OC)CC(C)C(=O)C(CCCC)=C1OC(C)C. The molecule has 3 nitrogen and oxygen atoms in total. The van der Waals surface area contributed by atoms with Crippen molar-refractivity contribution in [3.8, 4) is 0 Å². The van der Waals surface area contributed by atoms with Crippen LogP contribution >= 0.6 is 0 Å². The molecule has 1 unspecified atom stereocenters. The zero-order valence-electron chi connectivity index (χ0n) is 14.4. The Hall–Kier alpha value is -1.09. The van der Waals surface area contributed by atoms with Gasteiger partial charge in [0.15, 0.2) is 5.78 Å². The Balaban J connectivity index is 3.44. The molecule has 1 rings (SSSR count). The van der Waals surface area contributed by atoms with Crippen molar-refractivity contribution in [1.29, 1.82) is 0 Å². The first-order valence-electron chi connectivity index (χ1n) is 7.95. The standard InChI is InChI=1S/C18H30O3/c1-8-9-10-15-16(19)14(6)11-18(20-7,12(2)3)17(15)21-13(4)5/h13-14H,2,8-11H2,1,3-7H3/t14?,18-/m0/s1. The molecule has 0 aromatic rings. The van der Waals surface area contributed by atoms with Gasteiger partial charge in [-0.1, -0.05) is 26.8 Å². The summed E-state index contributed by atoms with van der Waals surface area (Å²) in [5, 5.41) is 0. The van der Waals surface area contributed by atoms with Crippen LogP contribution in [-0.2, 0) is 14.3 Å². The van der Waals surface area contributed by atoms with Gasteiger partial charge in [0.25, 0.3) is 0 Å². The van der Waals surface area contributed by atoms with E-state index in [1.807, 2.05) is 27.7 Å². The second-order valence-electron chi connectivity index (χ2n) is 6.36. The van der Waals surface area contributed by atoms with Crippen LogP contribution in [0.3, 0.4) is 0 Å². The average molecular weight is 294 g/mol. The molecule has 0 radical (unpaired) electrons. The van der Waals surface area contributed by atoms with Crippen molar-refractivity contribution >= 4 is 5.78 Å². The maximum absolute atomic E-state index is 12.6. The van der Waals surface area contributed by atoms with E-state index in [0.717, 1.165) is 30.4 Å². The lowest BCUT2D eigenvalue weighted by atomic mass is 9.73. The first-order chi connectivity index (χ1) is 9.80. The molecule has 1 aliphatic carbocycles. The van der Waals surface area contributed by atoms with E-state index in [9.17, 15) is 4.79 Å². The van der Waals surface area contributed by atoms with Crippen LogP contribution in [0.5, 0.6) is 0 Å². The van der Waals surface area contributed by atoms with Gasteiger partial charge in [0.2, 0.25) is 0 Å². The third-order valence-corrected chi connectivity index (χ3v) is 4.15. The first kappa shape index (κ1) is 18.0. The third-order valence-electron chi connectivity index (χ3n) is 4.15. The minimum absolute atomic E-state index is 0.00621. The Morgan fingerprint density at radius 3 is 2.52 bits per heavy atom. The van der Waals surface area contributed by atoms with Crippen molar-refractivity contribution in [3.05, 3.63) is 23.5 Å². The van der Waals surface area contributed by atoms with E-state index in [4.69, 9.17) is 9.47 Å². The second-order valence-corrected chi connectivity index (χ2v) is 6.36. The highest BCUT2D eigenvalue weighted by Gasteiger charge is 2.47. The molecule has 0 bridgehead atoms. The number of Topliss-reactive ketones (excluding diaryl/α,β-unsaturated/α-hetero) is 1. The van der Waals surface area contributed by atoms with E-state index in [1.165, 1.54) is 0 Å². The van der Waals surface area contributed by atoms with Crippen molar-refractivity contribution in [2.45, 2.75) is 72.0 Å². The highest BCUT2D eigenvalue weighted by molar-refractivity contribution is 5.99. The summed E-state index contributed by atoms with van der Waals surface area (Å²) in [6, 6.07) is 0. The highest BCUT2D eigenvalue weighted by Crippen LogP contribution is 2.44. The Labute approximate surface area is 129 Å². The fraction of sp³-hybridized carbons (Fsp3) is 0.722. The molecule has 0 fully saturated rings. The summed E-state index contributed by atoms with van der Waals surface area (Å²) in [6.45, 7) is 14.1. The predicted octanol–water partition coefficient (Wildman–Crippen LogP) is 4.43. The van der Waals surface area contributed by atoms with Crippen LogP contribution in [0.2, 0.25) is 0 Å². The lowest BCUT2D eigenvalue weighted by Gasteiger charge is -2.42. The lowest BCUT2D eigenvalue weighted by Crippen LogP contribution is -2.45. The van der Waals surface area contributed by atoms with Crippen LogP contribution < -0.4 is 0 Å². The van der Waals surface area contributed by atoms with Gasteiger partial charge < -0.3 is 9.47 Å². The Morgan fingerprint density at radius 2 is 2.10 bits per heavy atom. The van der Waals surface area contributed by atoms with E-state index in [1.54, 1.807) is 7.11 Å². The van der Waals surface area contributed by atoms with Crippen LogP contribution in [0.15, 0.2) is 23.5 Å². The summed E-state index contributed by atoms with van der Waals surface area (Å²) in [5.41, 5.74) is 1.03. The quantitative estimate of drug-likeness (QED) is 0.652. The molecule has 0 amide bonds. The van der Waals surface area contributed by atoms with Crippen molar-refractivity contribution < 1.29 is 14.3 Å². The van der Waals surface area contributed by atoms with Gasteiger partial charge >= 0.3 is 0 Å². The molecule has 2 atom stereocenters. The summed E-state index contributed by atoms with van der Waals surface area (Å²) >= 11 is 0. The zero-order chi connectivity index (χ0) is 16.2. The van der Waals surface area contributed by atoms with E-state index >= 15 is 0 Å². The number of carbonyl (C=O) groups excluding carboxylic acids is 1. The number of hydrogen-bond donors (Lipinski definition) is 0. The van der Waals surface area contributed by atoms with E-state index < -0.39 is 5.60 Å². The fourth-order valence-corrected chi connectivity index (χ4v) is 2.98. The first-order valence-corrected chi connectivity index (χ1v) is 7.95. The number of carbonyl (C=O) groups is 1. The van der Waals surface area contributed by atoms with Crippen molar-refractivity contribution in [3.63, 3.8) is 0 Å². The van der Waals surface area contributed by atoms with Gasteiger partial charge in [-0.3, -0.25) is 4.79 Å². The largest absolute Gasteiger partial charge is 0.491 e. The second kappa shape index (κ2) is 7.26. The Kier molecular flexibility index (Phi) is 6.21. The zero-order valence-corrected chi connectivity index (χ0v) is 14.4. The summed E-state index contributed by atoms with van der Waals surface area (Å²) in [4.78, 5) is 12.6. The summed E-state index contributed by atoms with van der Waals surface area (Å²) in [6.07, 6.45) is 3.39. The average Bonchev–Trinajstić information content (AvgIpc) is 2.41. The number of hydrogen-bond acceptors (Lipinski definition) is 3. The van der Waals surface area contributed by atoms with Crippen molar-refractivity contribution in [1.82, 2.24) is 0 Å². The van der Waals surface area contributed by atoms with Gasteiger partial charge in [0, 0.05) is 18.6 Å². The monoisotopic (exact) mass is 294 g/mol. The molecule has 21 heavy (non-hydrogen) atoms. The molecule has 0 aliphatic heterocycles. The van der Waals surface area contributed by atoms with Crippen LogP contribution in [0.4, 0.5) is 0 Å². The predicted molar refractivity (Wildman–Crippen MR) is 86.1 cm³/mol. The topological polar surface area (TPSA) is 35.5 Å². The number of ketones is 1. The minimum Gasteiger partial charge on any atom is -0.491 e. The normalized spacial score (nSPS) is 26.4.